The van der Waals surface area contributed by atoms with Crippen molar-refractivity contribution in [3.63, 3.8) is 0 Å². The first-order chi connectivity index (χ1) is 7.65. The first-order valence-electron chi connectivity index (χ1n) is 5.03. The molecule has 3 heteroatoms. The largest absolute Gasteiger partial charge is 0.468 e. The van der Waals surface area contributed by atoms with E-state index in [0.717, 1.165) is 11.1 Å². The Hall–Kier alpha value is -1.79. The number of rotatable bonds is 2. The van der Waals surface area contributed by atoms with E-state index >= 15 is 0 Å². The van der Waals surface area contributed by atoms with Gasteiger partial charge >= 0.3 is 5.97 Å². The summed E-state index contributed by atoms with van der Waals surface area (Å²) in [6.45, 7) is 1.99. The number of nitrogens with two attached hydrogens (primary N) is 1. The molecule has 84 valence electrons. The second-order valence-electron chi connectivity index (χ2n) is 3.45. The van der Waals surface area contributed by atoms with Crippen molar-refractivity contribution in [2.45, 2.75) is 19.4 Å². The molecule has 0 aromatic heterocycles. The van der Waals surface area contributed by atoms with Gasteiger partial charge in [0, 0.05) is 12.0 Å². The van der Waals surface area contributed by atoms with E-state index in [2.05, 4.69) is 16.6 Å². The maximum absolute atomic E-state index is 11.0. The number of carbonyl (C=O) groups excluding carboxylic acids is 1. The van der Waals surface area contributed by atoms with Crippen molar-refractivity contribution in [1.82, 2.24) is 0 Å². The molecule has 0 radical (unpaired) electrons. The average Bonchev–Trinajstić information content (AvgIpc) is 2.30. The van der Waals surface area contributed by atoms with Crippen LogP contribution in [-0.2, 0) is 9.53 Å². The molecule has 3 nitrogen and oxygen atoms in total. The molecule has 0 saturated carbocycles. The molecule has 0 fully saturated rings. The second-order valence-corrected chi connectivity index (χ2v) is 3.45. The Balaban J connectivity index is 2.63. The fourth-order valence-electron chi connectivity index (χ4n) is 1.20. The van der Waals surface area contributed by atoms with E-state index in [1.165, 1.54) is 7.11 Å². The lowest BCUT2D eigenvalue weighted by atomic mass is 10.1. The Labute approximate surface area is 95.6 Å². The topological polar surface area (TPSA) is 52.3 Å². The van der Waals surface area contributed by atoms with E-state index in [-0.39, 0.29) is 0 Å². The van der Waals surface area contributed by atoms with Gasteiger partial charge < -0.3 is 10.5 Å². The minimum atomic E-state index is -0.665. The van der Waals surface area contributed by atoms with Crippen LogP contribution in [0.3, 0.4) is 0 Å². The van der Waals surface area contributed by atoms with Gasteiger partial charge in [-0.05, 0) is 18.6 Å². The van der Waals surface area contributed by atoms with Gasteiger partial charge in [0.1, 0.15) is 6.04 Å². The molecule has 1 aromatic carbocycles. The molecule has 0 amide bonds. The maximum atomic E-state index is 11.0. The second kappa shape index (κ2) is 5.94. The number of aryl methyl sites for hydroxylation is 1. The molecule has 0 aliphatic carbocycles. The van der Waals surface area contributed by atoms with Crippen molar-refractivity contribution < 1.29 is 9.53 Å². The zero-order valence-electron chi connectivity index (χ0n) is 9.49. The summed E-state index contributed by atoms with van der Waals surface area (Å²) in [5.74, 6) is 5.44. The lowest BCUT2D eigenvalue weighted by Gasteiger charge is -2.03. The van der Waals surface area contributed by atoms with Gasteiger partial charge in [-0.3, -0.25) is 4.79 Å². The van der Waals surface area contributed by atoms with Gasteiger partial charge in [0.25, 0.3) is 0 Å². The van der Waals surface area contributed by atoms with Gasteiger partial charge in [-0.15, -0.1) is 0 Å². The van der Waals surface area contributed by atoms with Crippen molar-refractivity contribution >= 4 is 5.97 Å². The van der Waals surface area contributed by atoms with Crippen molar-refractivity contribution in [3.8, 4) is 11.8 Å². The third kappa shape index (κ3) is 3.41. The van der Waals surface area contributed by atoms with Crippen molar-refractivity contribution in [3.05, 3.63) is 35.4 Å². The predicted molar refractivity (Wildman–Crippen MR) is 62.7 cm³/mol. The normalized spacial score (nSPS) is 11.2. The third-order valence-corrected chi connectivity index (χ3v) is 2.19. The SMILES string of the molecule is COC(=O)[C@@H](N)CC#Cc1ccccc1C. The Kier molecular flexibility index (Phi) is 4.56. The standard InChI is InChI=1S/C13H15NO2/c1-10-6-3-4-7-11(10)8-5-9-12(14)13(15)16-2/h3-4,6-7,12H,9,14H2,1-2H3/t12-/m0/s1. The molecule has 1 atom stereocenters. The van der Waals surface area contributed by atoms with Crippen LogP contribution in [-0.4, -0.2) is 19.1 Å². The smallest absolute Gasteiger partial charge is 0.323 e. The van der Waals surface area contributed by atoms with Crippen LogP contribution < -0.4 is 5.73 Å². The lowest BCUT2D eigenvalue weighted by molar-refractivity contribution is -0.142. The van der Waals surface area contributed by atoms with Gasteiger partial charge in [-0.2, -0.15) is 0 Å². The van der Waals surface area contributed by atoms with Gasteiger partial charge in [0.05, 0.1) is 7.11 Å². The van der Waals surface area contributed by atoms with Gasteiger partial charge in [-0.25, -0.2) is 0 Å². The number of esters is 1. The van der Waals surface area contributed by atoms with Crippen LogP contribution in [0.15, 0.2) is 24.3 Å². The van der Waals surface area contributed by atoms with Crippen molar-refractivity contribution in [2.24, 2.45) is 5.73 Å². The molecule has 0 spiro atoms. The molecular weight excluding hydrogens is 202 g/mol. The minimum Gasteiger partial charge on any atom is -0.468 e. The summed E-state index contributed by atoms with van der Waals surface area (Å²) in [7, 11) is 1.32. The summed E-state index contributed by atoms with van der Waals surface area (Å²) in [5.41, 5.74) is 7.62. The van der Waals surface area contributed by atoms with Crippen LogP contribution in [0.1, 0.15) is 17.5 Å². The summed E-state index contributed by atoms with van der Waals surface area (Å²) in [6, 6.07) is 7.15. The first-order valence-corrected chi connectivity index (χ1v) is 5.03. The molecule has 0 saturated heterocycles. The van der Waals surface area contributed by atoms with E-state index in [9.17, 15) is 4.79 Å². The number of methoxy groups -OCH3 is 1. The van der Waals surface area contributed by atoms with Crippen LogP contribution in [0.25, 0.3) is 0 Å². The molecule has 0 unspecified atom stereocenters. The van der Waals surface area contributed by atoms with Crippen LogP contribution >= 0.6 is 0 Å². The highest BCUT2D eigenvalue weighted by Gasteiger charge is 2.10. The van der Waals surface area contributed by atoms with Crippen molar-refractivity contribution in [1.29, 1.82) is 0 Å². The van der Waals surface area contributed by atoms with Gasteiger partial charge in [-0.1, -0.05) is 30.0 Å². The molecular formula is C13H15NO2. The Morgan fingerprint density at radius 2 is 2.19 bits per heavy atom. The zero-order valence-corrected chi connectivity index (χ0v) is 9.49. The first kappa shape index (κ1) is 12.3. The molecule has 0 heterocycles. The molecule has 16 heavy (non-hydrogen) atoms. The summed E-state index contributed by atoms with van der Waals surface area (Å²) in [5, 5.41) is 0. The fourth-order valence-corrected chi connectivity index (χ4v) is 1.20. The summed E-state index contributed by atoms with van der Waals surface area (Å²) >= 11 is 0. The Morgan fingerprint density at radius 3 is 2.81 bits per heavy atom. The monoisotopic (exact) mass is 217 g/mol. The number of hydrogen-bond acceptors (Lipinski definition) is 3. The van der Waals surface area contributed by atoms with Crippen LogP contribution in [0.4, 0.5) is 0 Å². The third-order valence-electron chi connectivity index (χ3n) is 2.19. The van der Waals surface area contributed by atoms with E-state index in [1.54, 1.807) is 0 Å². The van der Waals surface area contributed by atoms with E-state index in [0.29, 0.717) is 6.42 Å². The van der Waals surface area contributed by atoms with Crippen LogP contribution in [0.5, 0.6) is 0 Å². The van der Waals surface area contributed by atoms with Crippen LogP contribution in [0.2, 0.25) is 0 Å². The highest BCUT2D eigenvalue weighted by atomic mass is 16.5. The molecule has 1 rings (SSSR count). The number of benzene rings is 1. The summed E-state index contributed by atoms with van der Waals surface area (Å²) in [6.07, 6.45) is 0.307. The summed E-state index contributed by atoms with van der Waals surface area (Å²) in [4.78, 5) is 11.0. The average molecular weight is 217 g/mol. The molecule has 0 aliphatic heterocycles. The van der Waals surface area contributed by atoms with E-state index < -0.39 is 12.0 Å². The highest BCUT2D eigenvalue weighted by molar-refractivity contribution is 5.75. The predicted octanol–water partition coefficient (Wildman–Crippen LogP) is 1.24. The minimum absolute atomic E-state index is 0.307. The maximum Gasteiger partial charge on any atom is 0.323 e. The fraction of sp³-hybridized carbons (Fsp3) is 0.308. The quantitative estimate of drug-likeness (QED) is 0.599. The molecule has 1 aromatic rings. The van der Waals surface area contributed by atoms with Gasteiger partial charge in [0.15, 0.2) is 0 Å². The van der Waals surface area contributed by atoms with E-state index in [1.807, 2.05) is 31.2 Å². The lowest BCUT2D eigenvalue weighted by Crippen LogP contribution is -2.30. The van der Waals surface area contributed by atoms with E-state index in [4.69, 9.17) is 5.73 Å². The molecule has 0 bridgehead atoms. The van der Waals surface area contributed by atoms with Gasteiger partial charge in [0.2, 0.25) is 0 Å². The Morgan fingerprint density at radius 1 is 1.50 bits per heavy atom. The Bertz CT molecular complexity index is 429. The number of carbonyl (C=O) groups is 1. The summed E-state index contributed by atoms with van der Waals surface area (Å²) < 4.78 is 4.51. The number of ether oxygens (including phenoxy) is 1. The number of hydrogen-bond donors (Lipinski definition) is 1. The highest BCUT2D eigenvalue weighted by Crippen LogP contribution is 2.04. The molecule has 0 aliphatic rings. The van der Waals surface area contributed by atoms with Crippen molar-refractivity contribution in [2.75, 3.05) is 7.11 Å². The molecule has 2 N–H and O–H groups in total. The van der Waals surface area contributed by atoms with Crippen LogP contribution in [0, 0.1) is 18.8 Å². The zero-order chi connectivity index (χ0) is 12.0.